The summed E-state index contributed by atoms with van der Waals surface area (Å²) in [5, 5.41) is 12.9. The Morgan fingerprint density at radius 1 is 0.717 bits per heavy atom. The van der Waals surface area contributed by atoms with Crippen molar-refractivity contribution in [2.75, 3.05) is 28.4 Å². The number of carboxylic acid groups (broad SMARTS) is 1. The predicted molar refractivity (Wildman–Crippen MR) is 168 cm³/mol. The minimum atomic E-state index is -1.54. The number of carbonyl (C=O) groups is 2. The van der Waals surface area contributed by atoms with E-state index >= 15 is 0 Å². The van der Waals surface area contributed by atoms with Crippen LogP contribution in [-0.2, 0) is 11.2 Å². The Hall–Kier alpha value is -3.84. The Morgan fingerprint density at radius 3 is 1.83 bits per heavy atom. The van der Waals surface area contributed by atoms with Gasteiger partial charge in [-0.05, 0) is 75.2 Å². The molecule has 0 unspecified atom stereocenters. The fourth-order valence-electron chi connectivity index (χ4n) is 4.80. The van der Waals surface area contributed by atoms with E-state index in [0.29, 0.717) is 33.8 Å². The Kier molecular flexibility index (Phi) is 12.8. The van der Waals surface area contributed by atoms with Crippen molar-refractivity contribution in [3.8, 4) is 34.5 Å². The molecule has 3 aromatic carbocycles. The van der Waals surface area contributed by atoms with Crippen LogP contribution in [0.15, 0.2) is 48.0 Å². The third-order valence-corrected chi connectivity index (χ3v) is 7.20. The average Bonchev–Trinajstić information content (AvgIpc) is 3.48. The monoisotopic (exact) mass is 658 g/mol. The SMILES string of the molecule is COc1cc(C(=O)/C(Cc2cc(OC)c(OC(C)C)c(OC(C)C)c2)=C(/C(=O)[O-])c2ccc3nsnc3c2)cc(OC)c1OC.[Na+]. The molecule has 0 amide bonds. The van der Waals surface area contributed by atoms with E-state index in [1.165, 1.54) is 40.6 Å². The van der Waals surface area contributed by atoms with E-state index in [4.69, 9.17) is 28.4 Å². The summed E-state index contributed by atoms with van der Waals surface area (Å²) < 4.78 is 42.5. The van der Waals surface area contributed by atoms with E-state index in [-0.39, 0.29) is 87.7 Å². The van der Waals surface area contributed by atoms with Gasteiger partial charge in [0.15, 0.2) is 28.8 Å². The quantitative estimate of drug-likeness (QED) is 0.112. The number of carboxylic acids is 1. The molecule has 0 aliphatic rings. The topological polar surface area (TPSA) is 138 Å². The van der Waals surface area contributed by atoms with E-state index < -0.39 is 11.8 Å². The maximum atomic E-state index is 14.4. The third-order valence-electron chi connectivity index (χ3n) is 6.65. The van der Waals surface area contributed by atoms with E-state index in [1.54, 1.807) is 30.3 Å². The maximum Gasteiger partial charge on any atom is 1.00 e. The van der Waals surface area contributed by atoms with Crippen molar-refractivity contribution < 1.29 is 72.7 Å². The summed E-state index contributed by atoms with van der Waals surface area (Å²) >= 11 is 0.998. The third kappa shape index (κ3) is 8.11. The van der Waals surface area contributed by atoms with Crippen molar-refractivity contribution in [3.05, 3.63) is 64.7 Å². The number of Topliss-reactive ketones (excluding diaryl/α,β-unsaturated/α-hetero) is 1. The molecule has 0 N–H and O–H groups in total. The van der Waals surface area contributed by atoms with Crippen molar-refractivity contribution in [1.29, 1.82) is 0 Å². The second-order valence-corrected chi connectivity index (χ2v) is 11.0. The van der Waals surface area contributed by atoms with Crippen LogP contribution in [0.25, 0.3) is 16.6 Å². The van der Waals surface area contributed by atoms with Gasteiger partial charge in [-0.1, -0.05) is 6.07 Å². The van der Waals surface area contributed by atoms with Crippen molar-refractivity contribution >= 4 is 40.1 Å². The van der Waals surface area contributed by atoms with E-state index in [1.807, 2.05) is 27.7 Å². The number of hydrogen-bond acceptors (Lipinski definition) is 12. The number of ketones is 1. The largest absolute Gasteiger partial charge is 1.00 e. The van der Waals surface area contributed by atoms with Crippen molar-refractivity contribution in [1.82, 2.24) is 8.75 Å². The van der Waals surface area contributed by atoms with Gasteiger partial charge in [0, 0.05) is 23.1 Å². The summed E-state index contributed by atoms with van der Waals surface area (Å²) in [6.45, 7) is 7.50. The smallest absolute Gasteiger partial charge is 0.545 e. The molecule has 0 bridgehead atoms. The first kappa shape index (κ1) is 36.6. The molecule has 13 heteroatoms. The minimum Gasteiger partial charge on any atom is -0.545 e. The maximum absolute atomic E-state index is 14.4. The van der Waals surface area contributed by atoms with Gasteiger partial charge < -0.3 is 38.3 Å². The number of carbonyl (C=O) groups excluding carboxylic acids is 2. The molecule has 4 aromatic rings. The van der Waals surface area contributed by atoms with Gasteiger partial charge in [-0.15, -0.1) is 0 Å². The minimum absolute atomic E-state index is 0. The van der Waals surface area contributed by atoms with Gasteiger partial charge in [0.2, 0.25) is 11.5 Å². The molecular formula is C33H35N2NaO9S. The van der Waals surface area contributed by atoms with Crippen LogP contribution in [0.2, 0.25) is 0 Å². The molecule has 0 fully saturated rings. The molecule has 0 spiro atoms. The molecule has 4 rings (SSSR count). The molecule has 0 saturated carbocycles. The van der Waals surface area contributed by atoms with Crippen molar-refractivity contribution in [2.45, 2.75) is 46.3 Å². The van der Waals surface area contributed by atoms with Gasteiger partial charge >= 0.3 is 29.6 Å². The second-order valence-electron chi connectivity index (χ2n) is 10.5. The van der Waals surface area contributed by atoms with E-state index in [0.717, 1.165) is 11.7 Å². The number of fused-ring (bicyclic) bond motifs is 1. The van der Waals surface area contributed by atoms with Gasteiger partial charge in [0.1, 0.15) is 11.0 Å². The Balaban J connectivity index is 0.00000576. The van der Waals surface area contributed by atoms with Gasteiger partial charge in [-0.2, -0.15) is 8.75 Å². The zero-order valence-electron chi connectivity index (χ0n) is 27.4. The fraction of sp³-hybridized carbons (Fsp3) is 0.333. The van der Waals surface area contributed by atoms with Crippen LogP contribution < -0.4 is 63.1 Å². The summed E-state index contributed by atoms with van der Waals surface area (Å²) in [6.07, 6.45) is -0.539. The molecule has 0 aliphatic carbocycles. The number of methoxy groups -OCH3 is 4. The number of allylic oxidation sites excluding steroid dienone is 1. The van der Waals surface area contributed by atoms with Gasteiger partial charge in [-0.25, -0.2) is 0 Å². The van der Waals surface area contributed by atoms with Crippen LogP contribution in [0.3, 0.4) is 0 Å². The average molecular weight is 659 g/mol. The zero-order chi connectivity index (χ0) is 32.8. The van der Waals surface area contributed by atoms with Crippen LogP contribution in [0.4, 0.5) is 0 Å². The Bertz CT molecular complexity index is 1730. The number of benzene rings is 3. The summed E-state index contributed by atoms with van der Waals surface area (Å²) in [4.78, 5) is 27.3. The standard InChI is InChI=1S/C33H36N2O9S.Na/c1-17(2)43-28-13-19(12-25(39-5)32(28)44-18(3)4)11-22(29(33(37)38)20-9-10-23-24(14-20)35-45-34-23)30(36)21-15-26(40-6)31(42-8)27(16-21)41-7;/h9-10,12-18H,11H2,1-8H3,(H,37,38);/q;+1/p-1/b29-22+;. The van der Waals surface area contributed by atoms with Crippen LogP contribution in [-0.4, -0.2) is 61.1 Å². The first-order chi connectivity index (χ1) is 21.5. The molecule has 0 radical (unpaired) electrons. The van der Waals surface area contributed by atoms with Crippen molar-refractivity contribution in [2.24, 2.45) is 0 Å². The second kappa shape index (κ2) is 16.1. The number of rotatable bonds is 14. The molecular weight excluding hydrogens is 623 g/mol. The zero-order valence-corrected chi connectivity index (χ0v) is 30.2. The van der Waals surface area contributed by atoms with Gasteiger partial charge in [-0.3, -0.25) is 4.79 Å². The first-order valence-electron chi connectivity index (χ1n) is 14.1. The Labute approximate surface area is 294 Å². The fourth-order valence-corrected chi connectivity index (χ4v) is 5.32. The van der Waals surface area contributed by atoms with Gasteiger partial charge in [0.05, 0.1) is 58.3 Å². The normalized spacial score (nSPS) is 11.5. The number of hydrogen-bond donors (Lipinski definition) is 0. The Morgan fingerprint density at radius 2 is 1.28 bits per heavy atom. The van der Waals surface area contributed by atoms with Crippen LogP contribution >= 0.6 is 11.7 Å². The van der Waals surface area contributed by atoms with Crippen molar-refractivity contribution in [3.63, 3.8) is 0 Å². The molecule has 0 atom stereocenters. The molecule has 11 nitrogen and oxygen atoms in total. The summed E-state index contributed by atoms with van der Waals surface area (Å²) in [7, 11) is 5.79. The summed E-state index contributed by atoms with van der Waals surface area (Å²) in [6, 6.07) is 11.1. The van der Waals surface area contributed by atoms with Crippen LogP contribution in [0.5, 0.6) is 34.5 Å². The number of ether oxygens (including phenoxy) is 6. The molecule has 46 heavy (non-hydrogen) atoms. The predicted octanol–water partition coefficient (Wildman–Crippen LogP) is 1.93. The van der Waals surface area contributed by atoms with Crippen LogP contribution in [0, 0.1) is 0 Å². The summed E-state index contributed by atoms with van der Waals surface area (Å²) in [5.74, 6) is -0.254. The van der Waals surface area contributed by atoms with E-state index in [2.05, 4.69) is 8.75 Å². The summed E-state index contributed by atoms with van der Waals surface area (Å²) in [5.41, 5.74) is 1.58. The molecule has 238 valence electrons. The molecule has 0 saturated heterocycles. The first-order valence-corrected chi connectivity index (χ1v) is 14.8. The number of aliphatic carboxylic acids is 1. The van der Waals surface area contributed by atoms with E-state index in [9.17, 15) is 14.7 Å². The molecule has 1 aromatic heterocycles. The van der Waals surface area contributed by atoms with Crippen LogP contribution in [0.1, 0.15) is 49.2 Å². The van der Waals surface area contributed by atoms with Gasteiger partial charge in [0.25, 0.3) is 0 Å². The number of nitrogens with zero attached hydrogens (tertiary/aromatic N) is 2. The molecule has 0 aliphatic heterocycles. The number of aromatic nitrogens is 2. The molecule has 1 heterocycles.